The summed E-state index contributed by atoms with van der Waals surface area (Å²) in [7, 11) is 0. The summed E-state index contributed by atoms with van der Waals surface area (Å²) in [6.45, 7) is 3.56. The molecule has 1 aromatic heterocycles. The van der Waals surface area contributed by atoms with Crippen molar-refractivity contribution >= 4 is 28.0 Å². The van der Waals surface area contributed by atoms with Crippen LogP contribution in [-0.4, -0.2) is 22.0 Å². The number of esters is 1. The zero-order valence-corrected chi connectivity index (χ0v) is 16.0. The van der Waals surface area contributed by atoms with Gasteiger partial charge in [-0.05, 0) is 67.5 Å². The smallest absolute Gasteiger partial charge is 0.353 e. The molecule has 0 aliphatic heterocycles. The third-order valence-corrected chi connectivity index (χ3v) is 5.01. The van der Waals surface area contributed by atoms with Crippen molar-refractivity contribution in [1.29, 1.82) is 0 Å². The highest BCUT2D eigenvalue weighted by Gasteiger charge is 2.20. The van der Waals surface area contributed by atoms with E-state index >= 15 is 0 Å². The highest BCUT2D eigenvalue weighted by Crippen LogP contribution is 2.31. The first kappa shape index (κ1) is 19.4. The molecule has 2 aromatic rings. The lowest BCUT2D eigenvalue weighted by atomic mass is 10.1. The third-order valence-electron chi connectivity index (χ3n) is 4.06. The van der Waals surface area contributed by atoms with E-state index in [2.05, 4.69) is 10.2 Å². The Morgan fingerprint density at radius 3 is 2.61 bits per heavy atom. The predicted molar refractivity (Wildman–Crippen MR) is 104 cm³/mol. The molecule has 0 spiro atoms. The van der Waals surface area contributed by atoms with Gasteiger partial charge in [-0.25, -0.2) is 4.79 Å². The number of hydrogen-bond donors (Lipinski definition) is 1. The van der Waals surface area contributed by atoms with E-state index in [-0.39, 0.29) is 22.9 Å². The lowest BCUT2D eigenvalue weighted by Crippen LogP contribution is -2.18. The molecule has 1 heterocycles. The van der Waals surface area contributed by atoms with Crippen molar-refractivity contribution in [3.05, 3.63) is 74.4 Å². The van der Waals surface area contributed by atoms with Gasteiger partial charge < -0.3 is 9.84 Å². The van der Waals surface area contributed by atoms with E-state index in [1.165, 1.54) is 18.2 Å². The number of nitro groups is 1. The summed E-state index contributed by atoms with van der Waals surface area (Å²) in [6, 6.07) is 5.88. The van der Waals surface area contributed by atoms with Gasteiger partial charge in [-0.1, -0.05) is 0 Å². The molecule has 1 aliphatic carbocycles. The SMILES string of the molecule is Cc1cc(/N=N/c2ccc(C(=O)OC3=CCC([N+](=O)[O-])C=C3)s2)cc(C)c1O. The minimum atomic E-state index is -0.789. The Labute approximate surface area is 164 Å². The maximum absolute atomic E-state index is 12.2. The molecule has 0 radical (unpaired) electrons. The summed E-state index contributed by atoms with van der Waals surface area (Å²) >= 11 is 1.12. The minimum absolute atomic E-state index is 0.182. The van der Waals surface area contributed by atoms with E-state index in [9.17, 15) is 20.0 Å². The number of hydrogen-bond acceptors (Lipinski definition) is 8. The molecule has 0 amide bonds. The number of phenolic OH excluding ortho intramolecular Hbond substituents is 1. The monoisotopic (exact) mass is 399 g/mol. The topological polar surface area (TPSA) is 114 Å². The first-order valence-corrected chi connectivity index (χ1v) is 9.21. The van der Waals surface area contributed by atoms with Crippen LogP contribution >= 0.6 is 11.3 Å². The third kappa shape index (κ3) is 4.49. The van der Waals surface area contributed by atoms with Crippen LogP contribution in [0.1, 0.15) is 27.2 Å². The molecule has 0 saturated heterocycles. The minimum Gasteiger partial charge on any atom is -0.507 e. The summed E-state index contributed by atoms with van der Waals surface area (Å²) in [5, 5.41) is 29.3. The summed E-state index contributed by atoms with van der Waals surface area (Å²) in [4.78, 5) is 22.9. The Morgan fingerprint density at radius 2 is 2.00 bits per heavy atom. The number of thiophene rings is 1. The van der Waals surface area contributed by atoms with Crippen molar-refractivity contribution in [3.63, 3.8) is 0 Å². The normalized spacial score (nSPS) is 16.2. The number of ether oxygens (including phenoxy) is 1. The lowest BCUT2D eigenvalue weighted by Gasteiger charge is -2.09. The summed E-state index contributed by atoms with van der Waals surface area (Å²) in [5.41, 5.74) is 2.01. The fourth-order valence-corrected chi connectivity index (χ4v) is 3.27. The van der Waals surface area contributed by atoms with Crippen molar-refractivity contribution in [2.75, 3.05) is 0 Å². The van der Waals surface area contributed by atoms with Gasteiger partial charge in [0, 0.05) is 11.3 Å². The second-order valence-electron chi connectivity index (χ2n) is 6.21. The van der Waals surface area contributed by atoms with Crippen molar-refractivity contribution in [2.45, 2.75) is 26.3 Å². The Hall–Kier alpha value is -3.33. The fourth-order valence-electron chi connectivity index (χ4n) is 2.57. The van der Waals surface area contributed by atoms with E-state index in [0.717, 1.165) is 11.3 Å². The zero-order valence-electron chi connectivity index (χ0n) is 15.2. The second-order valence-corrected chi connectivity index (χ2v) is 7.27. The van der Waals surface area contributed by atoms with Gasteiger partial charge in [0.15, 0.2) is 0 Å². The van der Waals surface area contributed by atoms with Crippen LogP contribution in [0.4, 0.5) is 10.7 Å². The molecule has 144 valence electrons. The van der Waals surface area contributed by atoms with Crippen LogP contribution in [0.15, 0.2) is 58.5 Å². The van der Waals surface area contributed by atoms with Crippen molar-refractivity contribution in [2.24, 2.45) is 10.2 Å². The Kier molecular flexibility index (Phi) is 5.65. The van der Waals surface area contributed by atoms with Crippen LogP contribution in [0.3, 0.4) is 0 Å². The van der Waals surface area contributed by atoms with Gasteiger partial charge in [-0.15, -0.1) is 21.6 Å². The van der Waals surface area contributed by atoms with Gasteiger partial charge in [-0.2, -0.15) is 0 Å². The molecule has 1 aromatic carbocycles. The predicted octanol–water partition coefficient (Wildman–Crippen LogP) is 5.13. The molecule has 1 unspecified atom stereocenters. The van der Waals surface area contributed by atoms with Gasteiger partial charge >= 0.3 is 5.97 Å². The maximum atomic E-state index is 12.2. The fraction of sp³-hybridized carbons (Fsp3) is 0.211. The van der Waals surface area contributed by atoms with E-state index in [1.54, 1.807) is 38.1 Å². The van der Waals surface area contributed by atoms with Gasteiger partial charge in [0.05, 0.1) is 5.69 Å². The molecular weight excluding hydrogens is 382 g/mol. The number of nitrogens with zero attached hydrogens (tertiary/aromatic N) is 3. The van der Waals surface area contributed by atoms with Crippen molar-refractivity contribution < 1.29 is 19.6 Å². The molecule has 0 saturated carbocycles. The van der Waals surface area contributed by atoms with Crippen molar-refractivity contribution in [3.8, 4) is 5.75 Å². The molecule has 28 heavy (non-hydrogen) atoms. The van der Waals surface area contributed by atoms with E-state index in [4.69, 9.17) is 4.74 Å². The van der Waals surface area contributed by atoms with Crippen LogP contribution in [-0.2, 0) is 4.74 Å². The molecule has 9 heteroatoms. The van der Waals surface area contributed by atoms with Crippen molar-refractivity contribution in [1.82, 2.24) is 0 Å². The molecule has 8 nitrogen and oxygen atoms in total. The van der Waals surface area contributed by atoms with Gasteiger partial charge in [0.1, 0.15) is 21.4 Å². The molecule has 0 bridgehead atoms. The first-order chi connectivity index (χ1) is 13.3. The maximum Gasteiger partial charge on any atom is 0.353 e. The quantitative estimate of drug-likeness (QED) is 0.324. The molecule has 1 N–H and O–H groups in total. The highest BCUT2D eigenvalue weighted by atomic mass is 32.1. The van der Waals surface area contributed by atoms with Crippen LogP contribution < -0.4 is 0 Å². The number of benzene rings is 1. The Morgan fingerprint density at radius 1 is 1.29 bits per heavy atom. The number of carbonyl (C=O) groups excluding carboxylic acids is 1. The number of azo groups is 1. The lowest BCUT2D eigenvalue weighted by molar-refractivity contribution is -0.508. The van der Waals surface area contributed by atoms with E-state index in [0.29, 0.717) is 26.7 Å². The molecule has 3 rings (SSSR count). The van der Waals surface area contributed by atoms with Gasteiger partial charge in [0.25, 0.3) is 0 Å². The van der Waals surface area contributed by atoms with Crippen LogP contribution in [0.2, 0.25) is 0 Å². The number of rotatable bonds is 5. The number of aromatic hydroxyl groups is 1. The number of phenols is 1. The Balaban J connectivity index is 1.65. The van der Waals surface area contributed by atoms with E-state index < -0.39 is 12.0 Å². The molecule has 1 atom stereocenters. The summed E-state index contributed by atoms with van der Waals surface area (Å²) in [6.07, 6.45) is 4.54. The average Bonchev–Trinajstić information content (AvgIpc) is 3.14. The largest absolute Gasteiger partial charge is 0.507 e. The first-order valence-electron chi connectivity index (χ1n) is 8.39. The average molecular weight is 399 g/mol. The number of aryl methyl sites for hydroxylation is 2. The number of carbonyl (C=O) groups is 1. The Bertz CT molecular complexity index is 999. The van der Waals surface area contributed by atoms with Crippen LogP contribution in [0.25, 0.3) is 0 Å². The highest BCUT2D eigenvalue weighted by molar-refractivity contribution is 7.17. The number of allylic oxidation sites excluding steroid dienone is 1. The zero-order chi connectivity index (χ0) is 20.3. The molecule has 0 fully saturated rings. The van der Waals surface area contributed by atoms with Gasteiger partial charge in [0.2, 0.25) is 6.04 Å². The summed E-state index contributed by atoms with van der Waals surface area (Å²) in [5.74, 6) is -0.0383. The summed E-state index contributed by atoms with van der Waals surface area (Å²) < 4.78 is 5.25. The molecular formula is C19H17N3O5S. The van der Waals surface area contributed by atoms with Crippen LogP contribution in [0.5, 0.6) is 5.75 Å². The molecule has 1 aliphatic rings. The standard InChI is InChI=1S/C19H17N3O5S/c1-11-9-13(10-12(2)18(11)23)20-21-17-8-7-16(28-17)19(24)27-15-5-3-14(4-6-15)22(25)26/h3,5-10,14,23H,4H2,1-2H3/b21-20+. The second kappa shape index (κ2) is 8.13. The van der Waals surface area contributed by atoms with Gasteiger partial charge in [-0.3, -0.25) is 10.1 Å². The van der Waals surface area contributed by atoms with Crippen LogP contribution in [0, 0.1) is 24.0 Å². The van der Waals surface area contributed by atoms with E-state index in [1.807, 2.05) is 0 Å².